The molecule has 0 radical (unpaired) electrons. The molecule has 0 heterocycles. The van der Waals surface area contributed by atoms with Crippen molar-refractivity contribution in [2.75, 3.05) is 11.9 Å². The first-order valence-electron chi connectivity index (χ1n) is 7.68. The molecule has 0 spiro atoms. The Bertz CT molecular complexity index is 602. The molecular weight excluding hydrogens is 325 g/mol. The zero-order valence-corrected chi connectivity index (χ0v) is 13.6. The van der Waals surface area contributed by atoms with Gasteiger partial charge in [0.25, 0.3) is 0 Å². The maximum Gasteiger partial charge on any atom is 0.313 e. The van der Waals surface area contributed by atoms with Crippen LogP contribution < -0.4 is 10.6 Å². The normalized spacial score (nSPS) is 11.2. The number of nitrogens with one attached hydrogen (secondary N) is 2. The van der Waals surface area contributed by atoms with Crippen molar-refractivity contribution in [1.29, 1.82) is 0 Å². The van der Waals surface area contributed by atoms with Crippen molar-refractivity contribution in [2.24, 2.45) is 0 Å². The molecule has 1 aromatic carbocycles. The highest BCUT2D eigenvalue weighted by Crippen LogP contribution is 2.19. The predicted octanol–water partition coefficient (Wildman–Crippen LogP) is 2.49. The van der Waals surface area contributed by atoms with Gasteiger partial charge in [-0.1, -0.05) is 26.7 Å². The fraction of sp³-hybridized carbons (Fsp3) is 0.500. The number of hydrogen-bond donors (Lipinski definition) is 3. The molecule has 1 rings (SSSR count). The summed E-state index contributed by atoms with van der Waals surface area (Å²) in [6.07, 6.45) is 2.28. The van der Waals surface area contributed by atoms with Crippen molar-refractivity contribution in [3.63, 3.8) is 0 Å². The van der Waals surface area contributed by atoms with Crippen LogP contribution in [-0.4, -0.2) is 29.1 Å². The van der Waals surface area contributed by atoms with E-state index in [1.807, 2.05) is 19.2 Å². The first-order chi connectivity index (χ1) is 11.2. The molecule has 3 N–H and O–H groups in total. The molecule has 8 heteroatoms. The fourth-order valence-corrected chi connectivity index (χ4v) is 2.36. The molecule has 0 aliphatic heterocycles. The molecule has 0 aliphatic rings. The number of carbonyl (C=O) groups excluding carboxylic acids is 2. The van der Waals surface area contributed by atoms with Crippen LogP contribution in [0.5, 0.6) is 0 Å². The van der Waals surface area contributed by atoms with E-state index in [2.05, 4.69) is 5.32 Å². The summed E-state index contributed by atoms with van der Waals surface area (Å²) < 4.78 is 39.3. The minimum absolute atomic E-state index is 0.138. The Morgan fingerprint density at radius 2 is 1.54 bits per heavy atom. The lowest BCUT2D eigenvalue weighted by Crippen LogP contribution is -2.46. The zero-order chi connectivity index (χ0) is 18.3. The summed E-state index contributed by atoms with van der Waals surface area (Å²) in [6.45, 7) is 3.61. The number of carbonyl (C=O) groups is 2. The van der Waals surface area contributed by atoms with Crippen LogP contribution in [0.25, 0.3) is 0 Å². The summed E-state index contributed by atoms with van der Waals surface area (Å²) in [5.41, 5.74) is -1.78. The van der Waals surface area contributed by atoms with E-state index < -0.39 is 40.6 Å². The lowest BCUT2D eigenvalue weighted by atomic mass is 9.92. The molecule has 0 saturated heterocycles. The Hall–Kier alpha value is -2.09. The topological polar surface area (TPSA) is 78.4 Å². The highest BCUT2D eigenvalue weighted by molar-refractivity contribution is 6.39. The van der Waals surface area contributed by atoms with Crippen LogP contribution in [0.15, 0.2) is 12.1 Å². The number of rotatable bonds is 7. The molecule has 1 aromatic rings. The van der Waals surface area contributed by atoms with E-state index in [0.717, 1.165) is 0 Å². The van der Waals surface area contributed by atoms with Gasteiger partial charge in [0, 0.05) is 18.7 Å². The van der Waals surface area contributed by atoms with Gasteiger partial charge >= 0.3 is 11.8 Å². The summed E-state index contributed by atoms with van der Waals surface area (Å²) in [5.74, 6) is -6.31. The van der Waals surface area contributed by atoms with Gasteiger partial charge in [0.15, 0.2) is 11.6 Å². The standard InChI is InChI=1S/C16H21F3N2O3/c1-3-5-16(24,6-4-2)9-20-14(22)15(23)21-13-8-11(18)10(17)7-12(13)19/h7-8,24H,3-6,9H2,1-2H3,(H,20,22)(H,21,23). The van der Waals surface area contributed by atoms with E-state index in [-0.39, 0.29) is 12.6 Å². The third-order valence-corrected chi connectivity index (χ3v) is 3.47. The van der Waals surface area contributed by atoms with Gasteiger partial charge in [-0.05, 0) is 12.8 Å². The second-order valence-electron chi connectivity index (χ2n) is 5.61. The van der Waals surface area contributed by atoms with E-state index >= 15 is 0 Å². The lowest BCUT2D eigenvalue weighted by Gasteiger charge is -2.27. The maximum absolute atomic E-state index is 13.4. The Morgan fingerprint density at radius 3 is 2.08 bits per heavy atom. The molecule has 0 aromatic heterocycles. The van der Waals surface area contributed by atoms with Gasteiger partial charge in [0.1, 0.15) is 5.82 Å². The predicted molar refractivity (Wildman–Crippen MR) is 82.7 cm³/mol. The van der Waals surface area contributed by atoms with Crippen LogP contribution in [0, 0.1) is 17.5 Å². The quantitative estimate of drug-likeness (QED) is 0.524. The zero-order valence-electron chi connectivity index (χ0n) is 13.6. The van der Waals surface area contributed by atoms with E-state index in [0.29, 0.717) is 31.7 Å². The van der Waals surface area contributed by atoms with Crippen LogP contribution in [0.3, 0.4) is 0 Å². The largest absolute Gasteiger partial charge is 0.388 e. The van der Waals surface area contributed by atoms with Crippen LogP contribution in [0.1, 0.15) is 39.5 Å². The molecule has 0 bridgehead atoms. The third-order valence-electron chi connectivity index (χ3n) is 3.47. The molecule has 24 heavy (non-hydrogen) atoms. The first-order valence-corrected chi connectivity index (χ1v) is 7.68. The van der Waals surface area contributed by atoms with Crippen molar-refractivity contribution >= 4 is 17.5 Å². The van der Waals surface area contributed by atoms with E-state index in [1.54, 1.807) is 0 Å². The molecule has 134 valence electrons. The number of anilines is 1. The highest BCUT2D eigenvalue weighted by Gasteiger charge is 2.27. The minimum Gasteiger partial charge on any atom is -0.388 e. The van der Waals surface area contributed by atoms with Gasteiger partial charge in [0.05, 0.1) is 11.3 Å². The van der Waals surface area contributed by atoms with Crippen LogP contribution in [-0.2, 0) is 9.59 Å². The summed E-state index contributed by atoms with van der Waals surface area (Å²) in [7, 11) is 0. The molecule has 0 atom stereocenters. The Morgan fingerprint density at radius 1 is 1.00 bits per heavy atom. The Labute approximate surface area is 138 Å². The van der Waals surface area contributed by atoms with Crippen molar-refractivity contribution in [2.45, 2.75) is 45.1 Å². The number of hydrogen-bond acceptors (Lipinski definition) is 3. The first kappa shape index (κ1) is 20.0. The van der Waals surface area contributed by atoms with E-state index in [4.69, 9.17) is 0 Å². The van der Waals surface area contributed by atoms with Crippen molar-refractivity contribution < 1.29 is 27.9 Å². The Balaban J connectivity index is 2.68. The second kappa shape index (κ2) is 8.68. The van der Waals surface area contributed by atoms with Crippen LogP contribution in [0.2, 0.25) is 0 Å². The third kappa shape index (κ3) is 5.52. The monoisotopic (exact) mass is 346 g/mol. The minimum atomic E-state index is -1.40. The van der Waals surface area contributed by atoms with Crippen LogP contribution >= 0.6 is 0 Å². The van der Waals surface area contributed by atoms with Crippen molar-refractivity contribution in [1.82, 2.24) is 5.32 Å². The summed E-state index contributed by atoms with van der Waals surface area (Å²) in [4.78, 5) is 23.4. The molecule has 0 unspecified atom stereocenters. The Kier molecular flexibility index (Phi) is 7.21. The summed E-state index contributed by atoms with van der Waals surface area (Å²) in [6, 6.07) is 0.713. The van der Waals surface area contributed by atoms with E-state index in [9.17, 15) is 27.9 Å². The van der Waals surface area contributed by atoms with Gasteiger partial charge in [-0.3, -0.25) is 9.59 Å². The number of amides is 2. The van der Waals surface area contributed by atoms with Crippen molar-refractivity contribution in [3.05, 3.63) is 29.6 Å². The average molecular weight is 346 g/mol. The molecule has 0 fully saturated rings. The fourth-order valence-electron chi connectivity index (χ4n) is 2.36. The summed E-state index contributed by atoms with van der Waals surface area (Å²) >= 11 is 0. The molecular formula is C16H21F3N2O3. The van der Waals surface area contributed by atoms with Crippen LogP contribution in [0.4, 0.5) is 18.9 Å². The molecule has 0 aliphatic carbocycles. The molecule has 0 saturated carbocycles. The van der Waals surface area contributed by atoms with Gasteiger partial charge in [-0.15, -0.1) is 0 Å². The van der Waals surface area contributed by atoms with Gasteiger partial charge in [-0.2, -0.15) is 0 Å². The highest BCUT2D eigenvalue weighted by atomic mass is 19.2. The number of halogens is 3. The second-order valence-corrected chi connectivity index (χ2v) is 5.61. The van der Waals surface area contributed by atoms with E-state index in [1.165, 1.54) is 0 Å². The van der Waals surface area contributed by atoms with Gasteiger partial charge < -0.3 is 15.7 Å². The summed E-state index contributed by atoms with van der Waals surface area (Å²) in [5, 5.41) is 14.5. The number of benzene rings is 1. The van der Waals surface area contributed by atoms with Gasteiger partial charge in [0.2, 0.25) is 0 Å². The number of aliphatic hydroxyl groups is 1. The lowest BCUT2D eigenvalue weighted by molar-refractivity contribution is -0.137. The van der Waals surface area contributed by atoms with Gasteiger partial charge in [-0.25, -0.2) is 13.2 Å². The average Bonchev–Trinajstić information content (AvgIpc) is 2.50. The van der Waals surface area contributed by atoms with Crippen molar-refractivity contribution in [3.8, 4) is 0 Å². The smallest absolute Gasteiger partial charge is 0.313 e. The SMILES string of the molecule is CCCC(O)(CCC)CNC(=O)C(=O)Nc1cc(F)c(F)cc1F. The molecule has 5 nitrogen and oxygen atoms in total. The molecule has 2 amide bonds. The maximum atomic E-state index is 13.4.